The van der Waals surface area contributed by atoms with Crippen LogP contribution in [0.5, 0.6) is 0 Å². The number of thioether (sulfide) groups is 1. The van der Waals surface area contributed by atoms with Gasteiger partial charge in [0.15, 0.2) is 10.8 Å². The summed E-state index contributed by atoms with van der Waals surface area (Å²) in [5, 5.41) is 8.70. The van der Waals surface area contributed by atoms with E-state index >= 15 is 0 Å². The first-order chi connectivity index (χ1) is 11.4. The van der Waals surface area contributed by atoms with Crippen LogP contribution in [-0.4, -0.2) is 37.9 Å². The van der Waals surface area contributed by atoms with Crippen molar-refractivity contribution in [1.29, 1.82) is 5.41 Å². The fourth-order valence-corrected chi connectivity index (χ4v) is 3.02. The lowest BCUT2D eigenvalue weighted by Crippen LogP contribution is -2.72. The number of halogens is 1. The van der Waals surface area contributed by atoms with Gasteiger partial charge in [0.1, 0.15) is 17.1 Å². The fourth-order valence-electron chi connectivity index (χ4n) is 2.06. The lowest BCUT2D eigenvalue weighted by atomic mass is 10.2. The van der Waals surface area contributed by atoms with Crippen LogP contribution in [0, 0.1) is 5.41 Å². The lowest BCUT2D eigenvalue weighted by molar-refractivity contribution is -0.497. The third-order valence-electron chi connectivity index (χ3n) is 3.17. The van der Waals surface area contributed by atoms with Crippen molar-refractivity contribution in [3.05, 3.63) is 36.4 Å². The van der Waals surface area contributed by atoms with Crippen molar-refractivity contribution in [3.63, 3.8) is 0 Å². The van der Waals surface area contributed by atoms with Crippen LogP contribution in [-0.2, 0) is 9.59 Å². The van der Waals surface area contributed by atoms with Crippen LogP contribution in [0.1, 0.15) is 27.2 Å². The number of hydrogen-bond acceptors (Lipinski definition) is 5. The van der Waals surface area contributed by atoms with Gasteiger partial charge in [-0.3, -0.25) is 25.3 Å². The maximum absolute atomic E-state index is 12.7. The Kier molecular flexibility index (Phi) is 8.67. The second-order valence-corrected chi connectivity index (χ2v) is 6.67. The molecular formula is C16H22ClN4O2S+. The summed E-state index contributed by atoms with van der Waals surface area (Å²) < 4.78 is 0. The number of hydrogen-bond donors (Lipinski definition) is 2. The molecule has 0 aromatic carbocycles. The van der Waals surface area contributed by atoms with Crippen molar-refractivity contribution in [2.24, 2.45) is 0 Å². The normalized spacial score (nSPS) is 12.6. The predicted molar refractivity (Wildman–Crippen MR) is 97.2 cm³/mol. The molecule has 0 radical (unpaired) electrons. The van der Waals surface area contributed by atoms with Gasteiger partial charge in [0.2, 0.25) is 5.91 Å². The van der Waals surface area contributed by atoms with Crippen molar-refractivity contribution in [3.8, 4) is 0 Å². The monoisotopic (exact) mass is 369 g/mol. The molecule has 1 unspecified atom stereocenters. The zero-order valence-corrected chi connectivity index (χ0v) is 15.5. The van der Waals surface area contributed by atoms with Gasteiger partial charge in [0, 0.05) is 25.7 Å². The van der Waals surface area contributed by atoms with Gasteiger partial charge in [-0.25, -0.2) is 0 Å². The Morgan fingerprint density at radius 3 is 2.67 bits per heavy atom. The van der Waals surface area contributed by atoms with E-state index in [0.717, 1.165) is 17.4 Å². The van der Waals surface area contributed by atoms with Gasteiger partial charge in [0.25, 0.3) is 0 Å². The number of aromatic nitrogens is 1. The zero-order valence-electron chi connectivity index (χ0n) is 14.0. The van der Waals surface area contributed by atoms with Gasteiger partial charge < -0.3 is 4.90 Å². The number of allylic oxidation sites excluding steroid dienone is 1. The highest BCUT2D eigenvalue weighted by molar-refractivity contribution is 8.14. The van der Waals surface area contributed by atoms with E-state index < -0.39 is 5.25 Å². The van der Waals surface area contributed by atoms with E-state index in [1.54, 1.807) is 36.9 Å². The second kappa shape index (κ2) is 10.2. The largest absolute Gasteiger partial charge is 0.305 e. The summed E-state index contributed by atoms with van der Waals surface area (Å²) in [4.78, 5) is 29.5. The van der Waals surface area contributed by atoms with Gasteiger partial charge in [-0.15, -0.1) is 0 Å². The molecule has 0 aliphatic carbocycles. The first kappa shape index (κ1) is 20.3. The minimum absolute atomic E-state index is 0.111. The molecule has 6 nitrogen and oxygen atoms in total. The number of nitrogens with zero attached hydrogens (tertiary/aromatic N) is 2. The first-order valence-corrected chi connectivity index (χ1v) is 8.84. The van der Waals surface area contributed by atoms with E-state index in [2.05, 4.69) is 4.98 Å². The molecule has 0 aliphatic rings. The summed E-state index contributed by atoms with van der Waals surface area (Å²) in [6, 6.07) is 3.66. The Bertz CT molecular complexity index is 622. The van der Waals surface area contributed by atoms with E-state index in [-0.39, 0.29) is 16.2 Å². The van der Waals surface area contributed by atoms with Gasteiger partial charge in [-0.05, 0) is 19.4 Å². The van der Waals surface area contributed by atoms with E-state index in [1.165, 1.54) is 11.8 Å². The number of rotatable bonds is 8. The highest BCUT2D eigenvalue weighted by Gasteiger charge is 2.28. The Hall–Kier alpha value is -1.70. The number of carbonyl (C=O) groups excluding carboxylic acids is 2. The van der Waals surface area contributed by atoms with Crippen LogP contribution in [0.15, 0.2) is 36.4 Å². The molecule has 1 aromatic rings. The molecule has 24 heavy (non-hydrogen) atoms. The lowest BCUT2D eigenvalue weighted by Gasteiger charge is -2.25. The quantitative estimate of drug-likeness (QED) is 0.687. The molecular weight excluding hydrogens is 348 g/mol. The zero-order chi connectivity index (χ0) is 18.1. The van der Waals surface area contributed by atoms with Crippen molar-refractivity contribution in [1.82, 2.24) is 9.88 Å². The van der Waals surface area contributed by atoms with Crippen LogP contribution in [0.4, 0.5) is 5.69 Å². The van der Waals surface area contributed by atoms with Gasteiger partial charge in [-0.1, -0.05) is 30.3 Å². The van der Waals surface area contributed by atoms with Gasteiger partial charge in [0.05, 0.1) is 11.4 Å². The average Bonchev–Trinajstić information content (AvgIpc) is 2.56. The summed E-state index contributed by atoms with van der Waals surface area (Å²) in [5.41, 5.74) is 1.14. The number of amides is 1. The Morgan fingerprint density at radius 1 is 1.50 bits per heavy atom. The minimum Gasteiger partial charge on any atom is -0.305 e. The van der Waals surface area contributed by atoms with Crippen LogP contribution in [0.2, 0.25) is 0 Å². The Morgan fingerprint density at radius 2 is 2.21 bits per heavy atom. The molecule has 0 saturated heterocycles. The van der Waals surface area contributed by atoms with Crippen LogP contribution in [0.25, 0.3) is 0 Å². The molecule has 0 aliphatic heterocycles. The number of pyridine rings is 1. The molecule has 0 fully saturated rings. The van der Waals surface area contributed by atoms with Crippen LogP contribution in [0.3, 0.4) is 0 Å². The summed E-state index contributed by atoms with van der Waals surface area (Å²) >= 11 is 6.90. The summed E-state index contributed by atoms with van der Waals surface area (Å²) in [7, 11) is 0. The molecule has 1 rings (SSSR count). The van der Waals surface area contributed by atoms with Gasteiger partial charge >= 0.3 is 0 Å². The molecule has 3 N–H and O–H groups in total. The van der Waals surface area contributed by atoms with E-state index in [1.807, 2.05) is 13.0 Å². The molecule has 8 heteroatoms. The molecule has 130 valence electrons. The Balaban J connectivity index is 3.03. The van der Waals surface area contributed by atoms with Crippen molar-refractivity contribution >= 4 is 45.2 Å². The SMILES string of the molecule is CCC(SC(C)=O)C(=O)N(CC)C(=C[NH2+]c1cccnc1)C(=N)Cl. The molecule has 1 heterocycles. The smallest absolute Gasteiger partial charge is 0.240 e. The van der Waals surface area contributed by atoms with E-state index in [0.29, 0.717) is 18.7 Å². The van der Waals surface area contributed by atoms with Gasteiger partial charge in [-0.2, -0.15) is 0 Å². The predicted octanol–water partition coefficient (Wildman–Crippen LogP) is 2.24. The van der Waals surface area contributed by atoms with Crippen LogP contribution < -0.4 is 5.32 Å². The highest BCUT2D eigenvalue weighted by atomic mass is 35.5. The molecule has 1 amide bonds. The third-order valence-corrected chi connectivity index (χ3v) is 4.52. The maximum atomic E-state index is 12.7. The average molecular weight is 370 g/mol. The van der Waals surface area contributed by atoms with Crippen LogP contribution >= 0.6 is 23.4 Å². The summed E-state index contributed by atoms with van der Waals surface area (Å²) in [6.45, 7) is 5.45. The van der Waals surface area contributed by atoms with Crippen molar-refractivity contribution in [2.45, 2.75) is 32.4 Å². The maximum Gasteiger partial charge on any atom is 0.240 e. The number of nitrogens with two attached hydrogens (primary N) is 1. The molecule has 1 aromatic heterocycles. The molecule has 0 saturated carbocycles. The Labute approximate surface area is 151 Å². The number of quaternary nitrogens is 1. The molecule has 0 bridgehead atoms. The summed E-state index contributed by atoms with van der Waals surface area (Å²) in [5.74, 6) is -0.226. The second-order valence-electron chi connectivity index (χ2n) is 4.91. The van der Waals surface area contributed by atoms with E-state index in [9.17, 15) is 9.59 Å². The standard InChI is InChI=1S/C16H21ClN4O2S/c1-4-14(24-11(3)22)16(23)21(5-2)13(15(17)18)10-20-12-7-6-8-19-9-12/h6-10,14,18,20H,4-5H2,1-3H3/p+1. The third kappa shape index (κ3) is 6.07. The number of nitrogens with one attached hydrogen (secondary N) is 1. The van der Waals surface area contributed by atoms with E-state index in [4.69, 9.17) is 17.0 Å². The summed E-state index contributed by atoms with van der Waals surface area (Å²) in [6.07, 6.45) is 5.48. The topological polar surface area (TPSA) is 90.7 Å². The minimum atomic E-state index is -0.486. The molecule has 0 spiro atoms. The fraction of sp³-hybridized carbons (Fsp3) is 0.375. The van der Waals surface area contributed by atoms with Crippen molar-refractivity contribution in [2.75, 3.05) is 6.54 Å². The highest BCUT2D eigenvalue weighted by Crippen LogP contribution is 2.21. The van der Waals surface area contributed by atoms with Crippen molar-refractivity contribution < 1.29 is 14.9 Å². The first-order valence-electron chi connectivity index (χ1n) is 7.58. The number of carbonyl (C=O) groups is 2. The molecule has 1 atom stereocenters.